The number of carbonyl (C=O) groups excluding carboxylic acids is 2. The van der Waals surface area contributed by atoms with Gasteiger partial charge in [0.2, 0.25) is 0 Å². The van der Waals surface area contributed by atoms with Gasteiger partial charge in [-0.05, 0) is 65.6 Å². The van der Waals surface area contributed by atoms with Crippen LogP contribution >= 0.6 is 0 Å². The Morgan fingerprint density at radius 3 is 2.50 bits per heavy atom. The van der Waals surface area contributed by atoms with Gasteiger partial charge in [0, 0.05) is 43.0 Å². The lowest BCUT2D eigenvalue weighted by atomic mass is 9.99. The molecule has 0 unspecified atom stereocenters. The molecule has 4 rings (SSSR count). The highest BCUT2D eigenvalue weighted by Gasteiger charge is 2.17. The molecule has 36 heavy (non-hydrogen) atoms. The van der Waals surface area contributed by atoms with Crippen LogP contribution in [-0.2, 0) is 19.5 Å². The van der Waals surface area contributed by atoms with Crippen LogP contribution in [0.3, 0.4) is 0 Å². The Bertz CT molecular complexity index is 1250. The Hall–Kier alpha value is -3.91. The fraction of sp³-hybridized carbons (Fsp3) is 0.286. The second-order valence-corrected chi connectivity index (χ2v) is 8.61. The first-order valence-corrected chi connectivity index (χ1v) is 11.8. The van der Waals surface area contributed by atoms with Crippen molar-refractivity contribution < 1.29 is 23.5 Å². The van der Waals surface area contributed by atoms with Crippen LogP contribution in [0.4, 0.5) is 10.1 Å². The van der Waals surface area contributed by atoms with Crippen LogP contribution in [0.1, 0.15) is 37.4 Å². The average Bonchev–Trinajstić information content (AvgIpc) is 2.91. The van der Waals surface area contributed by atoms with Crippen LogP contribution in [0.5, 0.6) is 11.5 Å². The number of nitrogens with one attached hydrogen (secondary N) is 2. The molecule has 8 heteroatoms. The molecule has 0 aromatic heterocycles. The van der Waals surface area contributed by atoms with Crippen LogP contribution in [0.15, 0.2) is 60.7 Å². The van der Waals surface area contributed by atoms with E-state index in [1.807, 2.05) is 24.3 Å². The van der Waals surface area contributed by atoms with E-state index in [2.05, 4.69) is 15.5 Å². The second-order valence-electron chi connectivity index (χ2n) is 8.61. The number of methoxy groups -OCH3 is 2. The summed E-state index contributed by atoms with van der Waals surface area (Å²) in [5, 5.41) is 5.82. The van der Waals surface area contributed by atoms with Crippen LogP contribution in [0.25, 0.3) is 0 Å². The predicted octanol–water partition coefficient (Wildman–Crippen LogP) is 4.21. The summed E-state index contributed by atoms with van der Waals surface area (Å²) in [7, 11) is 3.05. The maximum absolute atomic E-state index is 12.9. The number of nitrogens with zero attached hydrogens (tertiary/aromatic N) is 1. The van der Waals surface area contributed by atoms with E-state index in [1.54, 1.807) is 36.4 Å². The van der Waals surface area contributed by atoms with E-state index in [-0.39, 0.29) is 25.0 Å². The van der Waals surface area contributed by atoms with E-state index < -0.39 is 0 Å². The van der Waals surface area contributed by atoms with Gasteiger partial charge in [-0.25, -0.2) is 4.39 Å². The second kappa shape index (κ2) is 11.7. The summed E-state index contributed by atoms with van der Waals surface area (Å²) in [5.74, 6) is 0.519. The number of halogens is 1. The number of amides is 2. The van der Waals surface area contributed by atoms with Crippen molar-refractivity contribution in [3.63, 3.8) is 0 Å². The Balaban J connectivity index is 1.38. The molecular weight excluding hydrogens is 461 g/mol. The molecule has 0 radical (unpaired) electrons. The number of ether oxygens (including phenoxy) is 2. The third-order valence-corrected chi connectivity index (χ3v) is 6.24. The number of rotatable bonds is 9. The summed E-state index contributed by atoms with van der Waals surface area (Å²) >= 11 is 0. The van der Waals surface area contributed by atoms with E-state index in [9.17, 15) is 14.0 Å². The van der Waals surface area contributed by atoms with Gasteiger partial charge in [-0.15, -0.1) is 0 Å². The Morgan fingerprint density at radius 2 is 1.72 bits per heavy atom. The van der Waals surface area contributed by atoms with Crippen LogP contribution in [-0.4, -0.2) is 50.7 Å². The molecule has 1 aliphatic rings. The molecule has 3 aromatic carbocycles. The van der Waals surface area contributed by atoms with Gasteiger partial charge >= 0.3 is 0 Å². The van der Waals surface area contributed by atoms with E-state index in [0.717, 1.165) is 24.1 Å². The Morgan fingerprint density at radius 1 is 0.917 bits per heavy atom. The van der Waals surface area contributed by atoms with Crippen molar-refractivity contribution >= 4 is 17.5 Å². The van der Waals surface area contributed by atoms with Gasteiger partial charge in [0.1, 0.15) is 6.67 Å². The van der Waals surface area contributed by atoms with E-state index in [0.29, 0.717) is 41.4 Å². The minimum Gasteiger partial charge on any atom is -0.493 e. The first-order chi connectivity index (χ1) is 17.5. The first kappa shape index (κ1) is 25.2. The van der Waals surface area contributed by atoms with E-state index >= 15 is 0 Å². The van der Waals surface area contributed by atoms with Crippen molar-refractivity contribution in [1.82, 2.24) is 10.2 Å². The molecule has 0 atom stereocenters. The van der Waals surface area contributed by atoms with Gasteiger partial charge in [0.25, 0.3) is 11.8 Å². The molecule has 2 amide bonds. The Labute approximate surface area is 210 Å². The Kier molecular flexibility index (Phi) is 8.17. The zero-order valence-corrected chi connectivity index (χ0v) is 20.5. The number of hydrogen-bond acceptors (Lipinski definition) is 5. The van der Waals surface area contributed by atoms with Crippen molar-refractivity contribution in [2.75, 3.05) is 39.3 Å². The predicted molar refractivity (Wildman–Crippen MR) is 137 cm³/mol. The lowest BCUT2D eigenvalue weighted by Gasteiger charge is -2.28. The van der Waals surface area contributed by atoms with E-state index in [1.165, 1.54) is 19.8 Å². The first-order valence-electron chi connectivity index (χ1n) is 11.8. The maximum atomic E-state index is 12.9. The minimum absolute atomic E-state index is 0.237. The van der Waals surface area contributed by atoms with Gasteiger partial charge in [-0.3, -0.25) is 14.5 Å². The zero-order valence-electron chi connectivity index (χ0n) is 20.5. The van der Waals surface area contributed by atoms with Crippen LogP contribution in [0, 0.1) is 0 Å². The molecule has 0 fully saturated rings. The summed E-state index contributed by atoms with van der Waals surface area (Å²) in [5.41, 5.74) is 4.77. The monoisotopic (exact) mass is 491 g/mol. The standard InChI is InChI=1S/C28H30FN3O4/c1-35-25-9-7-22(16-26(25)36-2)27(33)30-17-19-4-3-5-21(14-19)28(34)31-24-8-6-20-10-12-32(13-11-29)18-23(20)15-24/h3-9,14-16H,10-13,17-18H2,1-2H3,(H,30,33)(H,31,34). The fourth-order valence-electron chi connectivity index (χ4n) is 4.29. The molecule has 1 aliphatic heterocycles. The molecule has 188 valence electrons. The third-order valence-electron chi connectivity index (χ3n) is 6.24. The summed E-state index contributed by atoms with van der Waals surface area (Å²) in [4.78, 5) is 27.6. The molecule has 0 saturated carbocycles. The van der Waals surface area contributed by atoms with Crippen molar-refractivity contribution in [2.45, 2.75) is 19.5 Å². The highest BCUT2D eigenvalue weighted by atomic mass is 19.1. The smallest absolute Gasteiger partial charge is 0.255 e. The van der Waals surface area contributed by atoms with Crippen molar-refractivity contribution in [2.24, 2.45) is 0 Å². The number of hydrogen-bond donors (Lipinski definition) is 2. The summed E-state index contributed by atoms with van der Waals surface area (Å²) in [6.45, 7) is 1.84. The zero-order chi connectivity index (χ0) is 25.5. The van der Waals surface area contributed by atoms with Crippen molar-refractivity contribution in [1.29, 1.82) is 0 Å². The quantitative estimate of drug-likeness (QED) is 0.469. The summed E-state index contributed by atoms with van der Waals surface area (Å²) in [6.07, 6.45) is 0.876. The topological polar surface area (TPSA) is 79.9 Å². The number of alkyl halides is 1. The van der Waals surface area contributed by atoms with Crippen LogP contribution in [0.2, 0.25) is 0 Å². The van der Waals surface area contributed by atoms with Gasteiger partial charge < -0.3 is 20.1 Å². The van der Waals surface area contributed by atoms with Crippen LogP contribution < -0.4 is 20.1 Å². The van der Waals surface area contributed by atoms with E-state index in [4.69, 9.17) is 9.47 Å². The SMILES string of the molecule is COc1ccc(C(=O)NCc2cccc(C(=O)Nc3ccc4c(c3)CN(CCF)CC4)c2)cc1OC. The molecule has 0 saturated heterocycles. The molecular formula is C28H30FN3O4. The number of carbonyl (C=O) groups is 2. The van der Waals surface area contributed by atoms with Crippen molar-refractivity contribution in [3.8, 4) is 11.5 Å². The molecule has 3 aromatic rings. The number of benzene rings is 3. The lowest BCUT2D eigenvalue weighted by Crippen LogP contribution is -2.32. The van der Waals surface area contributed by atoms with Gasteiger partial charge in [-0.2, -0.15) is 0 Å². The van der Waals surface area contributed by atoms with Crippen molar-refractivity contribution in [3.05, 3.63) is 88.5 Å². The summed E-state index contributed by atoms with van der Waals surface area (Å²) < 4.78 is 23.2. The third kappa shape index (κ3) is 6.01. The fourth-order valence-corrected chi connectivity index (χ4v) is 4.29. The summed E-state index contributed by atoms with van der Waals surface area (Å²) in [6, 6.07) is 18.0. The molecule has 0 spiro atoms. The largest absolute Gasteiger partial charge is 0.493 e. The molecule has 1 heterocycles. The van der Waals surface area contributed by atoms with Gasteiger partial charge in [0.05, 0.1) is 14.2 Å². The van der Waals surface area contributed by atoms with Gasteiger partial charge in [-0.1, -0.05) is 18.2 Å². The maximum Gasteiger partial charge on any atom is 0.255 e. The number of fused-ring (bicyclic) bond motifs is 1. The number of anilines is 1. The molecule has 0 aliphatic carbocycles. The minimum atomic E-state index is -0.364. The average molecular weight is 492 g/mol. The highest BCUT2D eigenvalue weighted by Crippen LogP contribution is 2.27. The molecule has 0 bridgehead atoms. The van der Waals surface area contributed by atoms with Gasteiger partial charge in [0.15, 0.2) is 11.5 Å². The normalized spacial score (nSPS) is 13.0. The lowest BCUT2D eigenvalue weighted by molar-refractivity contribution is 0.0950. The molecule has 2 N–H and O–H groups in total. The highest BCUT2D eigenvalue weighted by molar-refractivity contribution is 6.04. The molecule has 7 nitrogen and oxygen atoms in total.